The lowest BCUT2D eigenvalue weighted by atomic mass is 9.92. The molecule has 5 rings (SSSR count). The second-order valence-corrected chi connectivity index (χ2v) is 11.1. The lowest BCUT2D eigenvalue weighted by Crippen LogP contribution is -2.53. The number of rotatable bonds is 3. The van der Waals surface area contributed by atoms with Crippen molar-refractivity contribution in [3.05, 3.63) is 82.5 Å². The van der Waals surface area contributed by atoms with Crippen LogP contribution in [0.3, 0.4) is 0 Å². The number of allylic oxidation sites excluding steroid dienone is 2. The average Bonchev–Trinajstić information content (AvgIpc) is 3.27. The summed E-state index contributed by atoms with van der Waals surface area (Å²) in [6, 6.07) is 10.5. The van der Waals surface area contributed by atoms with Crippen molar-refractivity contribution in [3.63, 3.8) is 0 Å². The van der Waals surface area contributed by atoms with Gasteiger partial charge < -0.3 is 14.2 Å². The fourth-order valence-corrected chi connectivity index (χ4v) is 7.17. The molecule has 0 bridgehead atoms. The van der Waals surface area contributed by atoms with Crippen LogP contribution in [0.15, 0.2) is 76.3 Å². The van der Waals surface area contributed by atoms with E-state index < -0.39 is 26.9 Å². The summed E-state index contributed by atoms with van der Waals surface area (Å²) < 4.78 is 45.0. The van der Waals surface area contributed by atoms with Gasteiger partial charge in [0.15, 0.2) is 11.5 Å². The van der Waals surface area contributed by atoms with Crippen LogP contribution in [0.25, 0.3) is 5.57 Å². The number of carbonyl (C=O) groups is 1. The van der Waals surface area contributed by atoms with E-state index in [1.807, 2.05) is 0 Å². The van der Waals surface area contributed by atoms with Gasteiger partial charge in [0.1, 0.15) is 11.7 Å². The number of hydrogen-bond acceptors (Lipinski definition) is 6. The predicted octanol–water partition coefficient (Wildman–Crippen LogP) is 4.41. The number of carbonyl (C=O) groups excluding carboxylic acids is 1. The van der Waals surface area contributed by atoms with Crippen LogP contribution in [0, 0.1) is 0 Å². The molecule has 2 unspecified atom stereocenters. The van der Waals surface area contributed by atoms with Gasteiger partial charge in [-0.05, 0) is 36.8 Å². The lowest BCUT2D eigenvalue weighted by molar-refractivity contribution is -0.137. The number of fused-ring (bicyclic) bond motifs is 2. The summed E-state index contributed by atoms with van der Waals surface area (Å²) in [5, 5.41) is 0.161. The lowest BCUT2D eigenvalue weighted by Gasteiger charge is -2.43. The molecular weight excluding hydrogens is 501 g/mol. The molecule has 0 saturated carbocycles. The van der Waals surface area contributed by atoms with Crippen LogP contribution in [-0.4, -0.2) is 43.5 Å². The maximum Gasteiger partial charge on any atom is 0.356 e. The third-order valence-corrected chi connectivity index (χ3v) is 8.39. The molecule has 176 valence electrons. The van der Waals surface area contributed by atoms with Gasteiger partial charge in [0.2, 0.25) is 6.79 Å². The molecular formula is C24H19Cl2NO6S. The van der Waals surface area contributed by atoms with Crippen molar-refractivity contribution in [3.8, 4) is 11.5 Å². The number of benzene rings is 2. The van der Waals surface area contributed by atoms with Gasteiger partial charge >= 0.3 is 5.97 Å². The Bertz CT molecular complexity index is 1410. The molecule has 0 fully saturated rings. The first kappa shape index (κ1) is 22.8. The van der Waals surface area contributed by atoms with E-state index in [2.05, 4.69) is 0 Å². The van der Waals surface area contributed by atoms with Crippen molar-refractivity contribution >= 4 is 44.8 Å². The van der Waals surface area contributed by atoms with Gasteiger partial charge in [0, 0.05) is 16.2 Å². The number of methoxy groups -OCH3 is 1. The summed E-state index contributed by atoms with van der Waals surface area (Å²) in [6.07, 6.45) is 4.84. The SMILES string of the molecule is COC(=O)C1=C(c2ccc3c(c2)OCO3)c2ccccc2S(=O)(=O)N1C1C(Cl)=CC=CC1(C)Cl. The number of ether oxygens (including phenoxy) is 3. The molecule has 0 saturated heterocycles. The average molecular weight is 520 g/mol. The molecule has 1 aliphatic carbocycles. The molecule has 0 N–H and O–H groups in total. The van der Waals surface area contributed by atoms with E-state index >= 15 is 0 Å². The van der Waals surface area contributed by atoms with E-state index in [0.717, 1.165) is 4.31 Å². The summed E-state index contributed by atoms with van der Waals surface area (Å²) in [6.45, 7) is 1.70. The number of halogens is 2. The largest absolute Gasteiger partial charge is 0.464 e. The molecule has 3 aliphatic rings. The molecule has 2 heterocycles. The fourth-order valence-electron chi connectivity index (χ4n) is 4.38. The summed E-state index contributed by atoms with van der Waals surface area (Å²) >= 11 is 13.3. The Kier molecular flexibility index (Phi) is 5.42. The molecule has 2 atom stereocenters. The smallest absolute Gasteiger partial charge is 0.356 e. The van der Waals surface area contributed by atoms with Gasteiger partial charge in [-0.2, -0.15) is 0 Å². The Hall–Kier alpha value is -2.94. The van der Waals surface area contributed by atoms with Crippen LogP contribution in [0.2, 0.25) is 0 Å². The molecule has 2 aromatic carbocycles. The second-order valence-electron chi connectivity index (χ2n) is 8.04. The highest BCUT2D eigenvalue weighted by Gasteiger charge is 2.50. The van der Waals surface area contributed by atoms with Crippen LogP contribution in [0.1, 0.15) is 18.1 Å². The van der Waals surface area contributed by atoms with E-state index in [1.165, 1.54) is 13.2 Å². The zero-order valence-corrected chi connectivity index (χ0v) is 20.4. The highest BCUT2D eigenvalue weighted by Crippen LogP contribution is 2.48. The number of alkyl halides is 1. The van der Waals surface area contributed by atoms with Crippen molar-refractivity contribution in [1.29, 1.82) is 0 Å². The summed E-state index contributed by atoms with van der Waals surface area (Å²) in [5.74, 6) is 0.180. The van der Waals surface area contributed by atoms with Gasteiger partial charge in [-0.1, -0.05) is 48.0 Å². The van der Waals surface area contributed by atoms with Crippen LogP contribution < -0.4 is 9.47 Å². The molecule has 10 heteroatoms. The highest BCUT2D eigenvalue weighted by atomic mass is 35.5. The van der Waals surface area contributed by atoms with Gasteiger partial charge in [0.05, 0.1) is 16.9 Å². The summed E-state index contributed by atoms with van der Waals surface area (Å²) in [4.78, 5) is 12.1. The third kappa shape index (κ3) is 3.40. The van der Waals surface area contributed by atoms with Crippen LogP contribution in [0.5, 0.6) is 11.5 Å². The minimum atomic E-state index is -4.27. The Morgan fingerprint density at radius 2 is 1.91 bits per heavy atom. The highest BCUT2D eigenvalue weighted by molar-refractivity contribution is 7.89. The van der Waals surface area contributed by atoms with Crippen LogP contribution >= 0.6 is 23.2 Å². The Labute approximate surface area is 206 Å². The van der Waals surface area contributed by atoms with E-state index in [-0.39, 0.29) is 22.4 Å². The van der Waals surface area contributed by atoms with Crippen molar-refractivity contribution < 1.29 is 27.4 Å². The molecule has 2 aliphatic heterocycles. The number of nitrogens with zero attached hydrogens (tertiary/aromatic N) is 1. The van der Waals surface area contributed by atoms with Crippen molar-refractivity contribution in [2.75, 3.05) is 13.9 Å². The molecule has 0 amide bonds. The summed E-state index contributed by atoms with van der Waals surface area (Å²) in [5.41, 5.74) is 1.04. The third-order valence-electron chi connectivity index (χ3n) is 5.90. The van der Waals surface area contributed by atoms with Gasteiger partial charge in [-0.25, -0.2) is 17.5 Å². The van der Waals surface area contributed by atoms with Gasteiger partial charge in [0.25, 0.3) is 10.0 Å². The molecule has 0 aromatic heterocycles. The predicted molar refractivity (Wildman–Crippen MR) is 127 cm³/mol. The maximum atomic E-state index is 14.0. The standard InChI is InChI=1S/C24H19Cl2NO6S/c1-24(26)11-5-7-16(25)22(24)27-21(23(28)31-2)20(14-9-10-17-18(12-14)33-13-32-17)15-6-3-4-8-19(15)34(27,29)30/h3-12,22H,13H2,1-2H3. The minimum absolute atomic E-state index is 0.0156. The zero-order chi connectivity index (χ0) is 24.3. The monoisotopic (exact) mass is 519 g/mol. The second kappa shape index (κ2) is 8.08. The molecule has 0 spiro atoms. The normalized spacial score (nSPS) is 24.5. The topological polar surface area (TPSA) is 82.1 Å². The quantitative estimate of drug-likeness (QED) is 0.441. The first-order chi connectivity index (χ1) is 16.2. The first-order valence-electron chi connectivity index (χ1n) is 10.3. The Balaban J connectivity index is 1.88. The van der Waals surface area contributed by atoms with E-state index in [9.17, 15) is 13.2 Å². The maximum absolute atomic E-state index is 14.0. The molecule has 0 radical (unpaired) electrons. The summed E-state index contributed by atoms with van der Waals surface area (Å²) in [7, 11) is -3.08. The van der Waals surface area contributed by atoms with Crippen LogP contribution in [-0.2, 0) is 19.6 Å². The Morgan fingerprint density at radius 1 is 1.18 bits per heavy atom. The fraction of sp³-hybridized carbons (Fsp3) is 0.208. The van der Waals surface area contributed by atoms with Crippen LogP contribution in [0.4, 0.5) is 0 Å². The van der Waals surface area contributed by atoms with E-state index in [4.69, 9.17) is 37.4 Å². The van der Waals surface area contributed by atoms with Gasteiger partial charge in [-0.15, -0.1) is 11.6 Å². The molecule has 7 nitrogen and oxygen atoms in total. The van der Waals surface area contributed by atoms with E-state index in [1.54, 1.807) is 61.5 Å². The zero-order valence-electron chi connectivity index (χ0n) is 18.1. The first-order valence-corrected chi connectivity index (χ1v) is 12.5. The van der Waals surface area contributed by atoms with E-state index in [0.29, 0.717) is 28.2 Å². The van der Waals surface area contributed by atoms with Crippen molar-refractivity contribution in [1.82, 2.24) is 4.31 Å². The van der Waals surface area contributed by atoms with Gasteiger partial charge in [-0.3, -0.25) is 0 Å². The number of sulfonamides is 1. The van der Waals surface area contributed by atoms with Crippen molar-refractivity contribution in [2.24, 2.45) is 0 Å². The van der Waals surface area contributed by atoms with Crippen molar-refractivity contribution in [2.45, 2.75) is 22.7 Å². The molecule has 34 heavy (non-hydrogen) atoms. The Morgan fingerprint density at radius 3 is 2.65 bits per heavy atom. The molecule has 2 aromatic rings. The number of hydrogen-bond donors (Lipinski definition) is 0. The number of esters is 1. The minimum Gasteiger partial charge on any atom is -0.464 e.